The van der Waals surface area contributed by atoms with Crippen LogP contribution in [0.2, 0.25) is 0 Å². The molecule has 0 saturated carbocycles. The van der Waals surface area contributed by atoms with Gasteiger partial charge in [0.05, 0.1) is 11.3 Å². The van der Waals surface area contributed by atoms with Crippen molar-refractivity contribution in [2.24, 2.45) is 0 Å². The summed E-state index contributed by atoms with van der Waals surface area (Å²) in [5.74, 6) is -0.152. The van der Waals surface area contributed by atoms with E-state index in [2.05, 4.69) is 20.5 Å². The maximum absolute atomic E-state index is 12.4. The first-order valence-corrected chi connectivity index (χ1v) is 7.68. The van der Waals surface area contributed by atoms with Crippen LogP contribution >= 0.6 is 0 Å². The van der Waals surface area contributed by atoms with E-state index in [4.69, 9.17) is 0 Å². The molecule has 0 aliphatic heterocycles. The lowest BCUT2D eigenvalue weighted by atomic mass is 10.1. The molecule has 23 heavy (non-hydrogen) atoms. The number of rotatable bonds is 6. The van der Waals surface area contributed by atoms with Crippen molar-refractivity contribution >= 4 is 17.3 Å². The fraction of sp³-hybridized carbons (Fsp3) is 0.333. The summed E-state index contributed by atoms with van der Waals surface area (Å²) >= 11 is 0. The normalized spacial score (nSPS) is 10.7. The van der Waals surface area contributed by atoms with Crippen LogP contribution in [0.15, 0.2) is 36.7 Å². The molecule has 1 heterocycles. The van der Waals surface area contributed by atoms with Crippen LogP contribution in [0.4, 0.5) is 11.4 Å². The molecular weight excluding hydrogens is 288 g/mol. The second-order valence-corrected chi connectivity index (χ2v) is 5.96. The average molecular weight is 312 g/mol. The lowest BCUT2D eigenvalue weighted by Crippen LogP contribution is -2.21. The molecule has 0 spiro atoms. The van der Waals surface area contributed by atoms with Crippen LogP contribution in [0.25, 0.3) is 0 Å². The van der Waals surface area contributed by atoms with E-state index in [0.29, 0.717) is 5.56 Å². The van der Waals surface area contributed by atoms with Gasteiger partial charge in [0.25, 0.3) is 5.91 Å². The molecule has 2 N–H and O–H groups in total. The number of pyridine rings is 1. The zero-order valence-electron chi connectivity index (χ0n) is 14.2. The van der Waals surface area contributed by atoms with Crippen molar-refractivity contribution in [1.82, 2.24) is 9.88 Å². The molecule has 5 nitrogen and oxygen atoms in total. The second kappa shape index (κ2) is 7.74. The van der Waals surface area contributed by atoms with Crippen LogP contribution in [0, 0.1) is 13.8 Å². The Balaban J connectivity index is 2.04. The molecule has 0 aliphatic carbocycles. The Morgan fingerprint density at radius 2 is 1.96 bits per heavy atom. The van der Waals surface area contributed by atoms with Crippen molar-refractivity contribution < 1.29 is 4.79 Å². The van der Waals surface area contributed by atoms with Crippen molar-refractivity contribution in [3.8, 4) is 0 Å². The molecule has 0 unspecified atom stereocenters. The third-order valence-electron chi connectivity index (χ3n) is 3.52. The van der Waals surface area contributed by atoms with E-state index in [1.54, 1.807) is 12.4 Å². The van der Waals surface area contributed by atoms with E-state index in [0.717, 1.165) is 30.0 Å². The highest BCUT2D eigenvalue weighted by molar-refractivity contribution is 6.04. The Hall–Kier alpha value is -2.40. The maximum atomic E-state index is 12.4. The Labute approximate surface area is 137 Å². The van der Waals surface area contributed by atoms with Gasteiger partial charge in [-0.05, 0) is 45.6 Å². The van der Waals surface area contributed by atoms with Crippen molar-refractivity contribution in [1.29, 1.82) is 0 Å². The molecule has 0 saturated heterocycles. The molecule has 1 amide bonds. The van der Waals surface area contributed by atoms with Gasteiger partial charge in [0.15, 0.2) is 0 Å². The Morgan fingerprint density at radius 1 is 1.17 bits per heavy atom. The van der Waals surface area contributed by atoms with Crippen LogP contribution in [-0.4, -0.2) is 43.0 Å². The second-order valence-electron chi connectivity index (χ2n) is 5.96. The molecule has 0 atom stereocenters. The van der Waals surface area contributed by atoms with E-state index < -0.39 is 0 Å². The molecule has 0 fully saturated rings. The molecular formula is C18H24N4O. The zero-order chi connectivity index (χ0) is 16.8. The molecule has 0 bridgehead atoms. The minimum atomic E-state index is -0.152. The third-order valence-corrected chi connectivity index (χ3v) is 3.52. The van der Waals surface area contributed by atoms with Crippen molar-refractivity contribution in [2.75, 3.05) is 37.8 Å². The molecule has 2 aromatic rings. The monoisotopic (exact) mass is 312 g/mol. The van der Waals surface area contributed by atoms with E-state index in [-0.39, 0.29) is 5.91 Å². The number of nitrogens with one attached hydrogen (secondary N) is 2. The molecule has 1 aromatic heterocycles. The predicted molar refractivity (Wildman–Crippen MR) is 95.1 cm³/mol. The van der Waals surface area contributed by atoms with Crippen LogP contribution in [0.3, 0.4) is 0 Å². The fourth-order valence-corrected chi connectivity index (χ4v) is 2.23. The fourth-order valence-electron chi connectivity index (χ4n) is 2.23. The van der Waals surface area contributed by atoms with Gasteiger partial charge in [-0.2, -0.15) is 0 Å². The first-order chi connectivity index (χ1) is 11.0. The number of aromatic nitrogens is 1. The topological polar surface area (TPSA) is 57.3 Å². The van der Waals surface area contributed by atoms with Crippen LogP contribution < -0.4 is 10.6 Å². The number of hydrogen-bond donors (Lipinski definition) is 2. The van der Waals surface area contributed by atoms with Gasteiger partial charge in [0, 0.05) is 31.2 Å². The van der Waals surface area contributed by atoms with Gasteiger partial charge in [-0.3, -0.25) is 9.78 Å². The summed E-state index contributed by atoms with van der Waals surface area (Å²) in [6.07, 6.45) is 3.31. The van der Waals surface area contributed by atoms with Gasteiger partial charge in [-0.25, -0.2) is 0 Å². The van der Waals surface area contributed by atoms with Crippen LogP contribution in [-0.2, 0) is 0 Å². The van der Waals surface area contributed by atoms with Crippen molar-refractivity contribution in [3.05, 3.63) is 53.3 Å². The standard InChI is InChI=1S/C18H24N4O/c1-13-5-6-17(14(2)9-13)21-18(23)15-10-16(12-19-11-15)20-7-8-22(3)4/h5-6,9-12,20H,7-8H2,1-4H3,(H,21,23). The minimum Gasteiger partial charge on any atom is -0.382 e. The SMILES string of the molecule is Cc1ccc(NC(=O)c2cncc(NCCN(C)C)c2)c(C)c1. The number of hydrogen-bond acceptors (Lipinski definition) is 4. The van der Waals surface area contributed by atoms with Gasteiger partial charge in [-0.15, -0.1) is 0 Å². The molecule has 1 aromatic carbocycles. The van der Waals surface area contributed by atoms with E-state index in [1.165, 1.54) is 5.56 Å². The highest BCUT2D eigenvalue weighted by Crippen LogP contribution is 2.17. The number of amides is 1. The van der Waals surface area contributed by atoms with E-state index in [9.17, 15) is 4.79 Å². The molecule has 122 valence electrons. The highest BCUT2D eigenvalue weighted by Gasteiger charge is 2.09. The lowest BCUT2D eigenvalue weighted by molar-refractivity contribution is 0.102. The van der Waals surface area contributed by atoms with Crippen LogP contribution in [0.1, 0.15) is 21.5 Å². The quantitative estimate of drug-likeness (QED) is 0.861. The largest absolute Gasteiger partial charge is 0.382 e. The van der Waals surface area contributed by atoms with Crippen molar-refractivity contribution in [2.45, 2.75) is 13.8 Å². The minimum absolute atomic E-state index is 0.152. The lowest BCUT2D eigenvalue weighted by Gasteiger charge is -2.12. The smallest absolute Gasteiger partial charge is 0.257 e. The molecule has 0 aliphatic rings. The predicted octanol–water partition coefficient (Wildman–Crippen LogP) is 2.92. The summed E-state index contributed by atoms with van der Waals surface area (Å²) in [5.41, 5.74) is 4.44. The summed E-state index contributed by atoms with van der Waals surface area (Å²) in [6.45, 7) is 5.74. The summed E-state index contributed by atoms with van der Waals surface area (Å²) in [6, 6.07) is 7.78. The summed E-state index contributed by atoms with van der Waals surface area (Å²) in [7, 11) is 4.04. The molecule has 5 heteroatoms. The van der Waals surface area contributed by atoms with Gasteiger partial charge in [0.2, 0.25) is 0 Å². The number of carbonyl (C=O) groups excluding carboxylic acids is 1. The number of benzene rings is 1. The maximum Gasteiger partial charge on any atom is 0.257 e. The third kappa shape index (κ3) is 5.07. The van der Waals surface area contributed by atoms with Crippen LogP contribution in [0.5, 0.6) is 0 Å². The summed E-state index contributed by atoms with van der Waals surface area (Å²) < 4.78 is 0. The first-order valence-electron chi connectivity index (χ1n) is 7.68. The number of carbonyl (C=O) groups is 1. The average Bonchev–Trinajstić information content (AvgIpc) is 2.50. The van der Waals surface area contributed by atoms with Crippen molar-refractivity contribution in [3.63, 3.8) is 0 Å². The van der Waals surface area contributed by atoms with Gasteiger partial charge < -0.3 is 15.5 Å². The van der Waals surface area contributed by atoms with E-state index in [1.807, 2.05) is 52.2 Å². The summed E-state index contributed by atoms with van der Waals surface area (Å²) in [5, 5.41) is 6.21. The Morgan fingerprint density at radius 3 is 2.65 bits per heavy atom. The van der Waals surface area contributed by atoms with Gasteiger partial charge >= 0.3 is 0 Å². The molecule has 0 radical (unpaired) electrons. The number of likely N-dealkylation sites (N-methyl/N-ethyl adjacent to an activating group) is 1. The highest BCUT2D eigenvalue weighted by atomic mass is 16.1. The van der Waals surface area contributed by atoms with Gasteiger partial charge in [0.1, 0.15) is 0 Å². The Bertz CT molecular complexity index is 682. The summed E-state index contributed by atoms with van der Waals surface area (Å²) in [4.78, 5) is 18.6. The number of aryl methyl sites for hydroxylation is 2. The number of anilines is 2. The first kappa shape index (κ1) is 17.0. The zero-order valence-corrected chi connectivity index (χ0v) is 14.2. The van der Waals surface area contributed by atoms with Gasteiger partial charge in [-0.1, -0.05) is 17.7 Å². The number of nitrogens with zero attached hydrogens (tertiary/aromatic N) is 2. The Kier molecular flexibility index (Phi) is 5.71. The molecule has 2 rings (SSSR count). The van der Waals surface area contributed by atoms with E-state index >= 15 is 0 Å².